The number of likely N-dealkylation sites (tertiary alicyclic amines) is 1. The third-order valence-corrected chi connectivity index (χ3v) is 4.21. The summed E-state index contributed by atoms with van der Waals surface area (Å²) < 4.78 is 0. The van der Waals surface area contributed by atoms with Crippen LogP contribution >= 0.6 is 11.3 Å². The number of nitrogens with zero attached hydrogens (tertiary/aromatic N) is 2. The van der Waals surface area contributed by atoms with Gasteiger partial charge in [0.1, 0.15) is 5.01 Å². The van der Waals surface area contributed by atoms with Crippen molar-refractivity contribution in [2.24, 2.45) is 0 Å². The molecule has 2 heterocycles. The van der Waals surface area contributed by atoms with Gasteiger partial charge in [0, 0.05) is 24.2 Å². The summed E-state index contributed by atoms with van der Waals surface area (Å²) in [5, 5.41) is 12.0. The summed E-state index contributed by atoms with van der Waals surface area (Å²) in [5.74, 6) is -0.540. The number of nitrogens with one attached hydrogen (secondary N) is 2. The van der Waals surface area contributed by atoms with Gasteiger partial charge < -0.3 is 5.11 Å². The minimum atomic E-state index is -0.285. The number of carbonyl (C=O) groups is 2. The van der Waals surface area contributed by atoms with E-state index in [4.69, 9.17) is 0 Å². The number of aliphatic hydroxyl groups is 1. The quantitative estimate of drug-likeness (QED) is 0.658. The second-order valence-electron chi connectivity index (χ2n) is 5.16. The number of aryl methyl sites for hydroxylation is 1. The molecule has 0 saturated carbocycles. The third-order valence-electron chi connectivity index (χ3n) is 3.24. The maximum absolute atomic E-state index is 11.7. The summed E-state index contributed by atoms with van der Waals surface area (Å²) in [6.07, 6.45) is 1.27. The van der Waals surface area contributed by atoms with Gasteiger partial charge in [-0.1, -0.05) is 0 Å². The van der Waals surface area contributed by atoms with Crippen LogP contribution in [-0.4, -0.2) is 52.5 Å². The van der Waals surface area contributed by atoms with Crippen LogP contribution in [0, 0.1) is 6.92 Å². The Morgan fingerprint density at radius 3 is 2.67 bits per heavy atom. The normalized spacial score (nSPS) is 16.7. The van der Waals surface area contributed by atoms with E-state index in [0.717, 1.165) is 10.7 Å². The average Bonchev–Trinajstić information content (AvgIpc) is 2.84. The molecule has 2 rings (SSSR count). The SMILES string of the molecule is Cc1csc(CC(=O)NNC(=O)CN2CCC(O)CC2)n1. The first kappa shape index (κ1) is 15.9. The number of hydrogen-bond acceptors (Lipinski definition) is 6. The van der Waals surface area contributed by atoms with Crippen molar-refractivity contribution in [3.8, 4) is 0 Å². The molecule has 116 valence electrons. The standard InChI is InChI=1S/C13H20N4O3S/c1-9-8-21-13(14-9)6-11(19)15-16-12(20)7-17-4-2-10(18)3-5-17/h8,10,18H,2-7H2,1H3,(H,15,19)(H,16,20). The first-order chi connectivity index (χ1) is 10.0. The molecule has 0 radical (unpaired) electrons. The molecular formula is C13H20N4O3S. The molecule has 0 atom stereocenters. The van der Waals surface area contributed by atoms with Gasteiger partial charge in [0.05, 0.1) is 19.1 Å². The molecule has 1 fully saturated rings. The number of aromatic nitrogens is 1. The summed E-state index contributed by atoms with van der Waals surface area (Å²) in [5.41, 5.74) is 5.68. The molecule has 8 heteroatoms. The fraction of sp³-hybridized carbons (Fsp3) is 0.615. The van der Waals surface area contributed by atoms with Gasteiger partial charge in [-0.2, -0.15) is 0 Å². The van der Waals surface area contributed by atoms with Crippen molar-refractivity contribution >= 4 is 23.2 Å². The van der Waals surface area contributed by atoms with Crippen LogP contribution in [0.25, 0.3) is 0 Å². The minimum absolute atomic E-state index is 0.161. The molecule has 2 amide bonds. The van der Waals surface area contributed by atoms with Gasteiger partial charge in [0.15, 0.2) is 0 Å². The van der Waals surface area contributed by atoms with Crippen molar-refractivity contribution in [3.63, 3.8) is 0 Å². The highest BCUT2D eigenvalue weighted by Crippen LogP contribution is 2.09. The Balaban J connectivity index is 1.65. The number of hydrazine groups is 1. The monoisotopic (exact) mass is 312 g/mol. The van der Waals surface area contributed by atoms with Gasteiger partial charge in [-0.3, -0.25) is 25.3 Å². The number of thiazole rings is 1. The lowest BCUT2D eigenvalue weighted by Crippen LogP contribution is -2.48. The molecule has 21 heavy (non-hydrogen) atoms. The van der Waals surface area contributed by atoms with Crippen molar-refractivity contribution < 1.29 is 14.7 Å². The lowest BCUT2D eigenvalue weighted by atomic mass is 10.1. The van der Waals surface area contributed by atoms with E-state index in [1.54, 1.807) is 0 Å². The molecule has 0 unspecified atom stereocenters. The zero-order valence-electron chi connectivity index (χ0n) is 12.0. The van der Waals surface area contributed by atoms with Crippen molar-refractivity contribution in [1.82, 2.24) is 20.7 Å². The Hall–Kier alpha value is -1.51. The van der Waals surface area contributed by atoms with E-state index in [-0.39, 0.29) is 30.9 Å². The highest BCUT2D eigenvalue weighted by molar-refractivity contribution is 7.09. The Morgan fingerprint density at radius 1 is 1.38 bits per heavy atom. The van der Waals surface area contributed by atoms with Gasteiger partial charge in [-0.15, -0.1) is 11.3 Å². The summed E-state index contributed by atoms with van der Waals surface area (Å²) in [4.78, 5) is 29.5. The van der Waals surface area contributed by atoms with Crippen LogP contribution in [0.5, 0.6) is 0 Å². The van der Waals surface area contributed by atoms with Crippen LogP contribution in [0.2, 0.25) is 0 Å². The van der Waals surface area contributed by atoms with E-state index in [9.17, 15) is 14.7 Å². The number of piperidine rings is 1. The fourth-order valence-electron chi connectivity index (χ4n) is 2.12. The number of rotatable bonds is 4. The zero-order chi connectivity index (χ0) is 15.2. The average molecular weight is 312 g/mol. The lowest BCUT2D eigenvalue weighted by Gasteiger charge is -2.28. The molecule has 0 aromatic carbocycles. The van der Waals surface area contributed by atoms with Crippen molar-refractivity contribution in [3.05, 3.63) is 16.1 Å². The van der Waals surface area contributed by atoms with Crippen LogP contribution in [0.3, 0.4) is 0 Å². The molecule has 1 aromatic heterocycles. The third kappa shape index (κ3) is 5.41. The predicted octanol–water partition coefficient (Wildman–Crippen LogP) is -0.402. The van der Waals surface area contributed by atoms with Gasteiger partial charge in [0.25, 0.3) is 5.91 Å². The largest absolute Gasteiger partial charge is 0.393 e. The van der Waals surface area contributed by atoms with E-state index in [2.05, 4.69) is 15.8 Å². The molecule has 7 nitrogen and oxygen atoms in total. The Labute approximate surface area is 127 Å². The zero-order valence-corrected chi connectivity index (χ0v) is 12.8. The molecule has 1 aromatic rings. The summed E-state index contributed by atoms with van der Waals surface area (Å²) in [6, 6.07) is 0. The topological polar surface area (TPSA) is 94.6 Å². The number of aliphatic hydroxyl groups excluding tert-OH is 1. The first-order valence-corrected chi connectivity index (χ1v) is 7.80. The molecule has 1 aliphatic rings. The van der Waals surface area contributed by atoms with Crippen LogP contribution in [0.1, 0.15) is 23.5 Å². The highest BCUT2D eigenvalue weighted by Gasteiger charge is 2.19. The maximum atomic E-state index is 11.7. The van der Waals surface area contributed by atoms with Crippen molar-refractivity contribution in [2.45, 2.75) is 32.3 Å². The molecule has 1 aliphatic heterocycles. The summed E-state index contributed by atoms with van der Waals surface area (Å²) in [7, 11) is 0. The predicted molar refractivity (Wildman–Crippen MR) is 78.5 cm³/mol. The van der Waals surface area contributed by atoms with Crippen LogP contribution in [-0.2, 0) is 16.0 Å². The summed E-state index contributed by atoms with van der Waals surface area (Å²) in [6.45, 7) is 3.49. The number of carbonyl (C=O) groups excluding carboxylic acids is 2. The highest BCUT2D eigenvalue weighted by atomic mass is 32.1. The molecular weight excluding hydrogens is 292 g/mol. The minimum Gasteiger partial charge on any atom is -0.393 e. The van der Waals surface area contributed by atoms with Crippen molar-refractivity contribution in [1.29, 1.82) is 0 Å². The van der Waals surface area contributed by atoms with E-state index >= 15 is 0 Å². The second kappa shape index (κ2) is 7.48. The van der Waals surface area contributed by atoms with Gasteiger partial charge in [0.2, 0.25) is 5.91 Å². The van der Waals surface area contributed by atoms with Crippen LogP contribution in [0.4, 0.5) is 0 Å². The van der Waals surface area contributed by atoms with E-state index in [1.807, 2.05) is 17.2 Å². The van der Waals surface area contributed by atoms with E-state index < -0.39 is 0 Å². The number of hydrogen-bond donors (Lipinski definition) is 3. The lowest BCUT2D eigenvalue weighted by molar-refractivity contribution is -0.129. The van der Waals surface area contributed by atoms with Crippen LogP contribution < -0.4 is 10.9 Å². The number of amides is 2. The fourth-order valence-corrected chi connectivity index (χ4v) is 2.90. The second-order valence-corrected chi connectivity index (χ2v) is 6.11. The van der Waals surface area contributed by atoms with Crippen molar-refractivity contribution in [2.75, 3.05) is 19.6 Å². The van der Waals surface area contributed by atoms with E-state index in [1.165, 1.54) is 11.3 Å². The smallest absolute Gasteiger partial charge is 0.252 e. The molecule has 0 spiro atoms. The Bertz CT molecular complexity index is 497. The molecule has 3 N–H and O–H groups in total. The Morgan fingerprint density at radius 2 is 2.05 bits per heavy atom. The van der Waals surface area contributed by atoms with E-state index in [0.29, 0.717) is 25.9 Å². The first-order valence-electron chi connectivity index (χ1n) is 6.92. The Kier molecular flexibility index (Phi) is 5.66. The maximum Gasteiger partial charge on any atom is 0.252 e. The summed E-state index contributed by atoms with van der Waals surface area (Å²) >= 11 is 1.42. The van der Waals surface area contributed by atoms with Gasteiger partial charge in [-0.05, 0) is 19.8 Å². The van der Waals surface area contributed by atoms with Gasteiger partial charge in [-0.25, -0.2) is 4.98 Å². The van der Waals surface area contributed by atoms with Gasteiger partial charge >= 0.3 is 0 Å². The molecule has 0 bridgehead atoms. The van der Waals surface area contributed by atoms with Crippen LogP contribution in [0.15, 0.2) is 5.38 Å². The molecule has 1 saturated heterocycles. The molecule has 0 aliphatic carbocycles.